The first-order valence-electron chi connectivity index (χ1n) is 7.48. The number of benzene rings is 1. The summed E-state index contributed by atoms with van der Waals surface area (Å²) in [5, 5.41) is 4.51. The smallest absolute Gasteiger partial charge is 0.139 e. The molecule has 2 unspecified atom stereocenters. The highest BCUT2D eigenvalue weighted by atomic mass is 35.5. The molecule has 2 atom stereocenters. The maximum Gasteiger partial charge on any atom is 0.139 e. The van der Waals surface area contributed by atoms with Crippen LogP contribution in [0.25, 0.3) is 0 Å². The van der Waals surface area contributed by atoms with E-state index in [0.29, 0.717) is 27.6 Å². The average Bonchev–Trinajstić information content (AvgIpc) is 2.97. The molecule has 1 aliphatic heterocycles. The minimum absolute atomic E-state index is 0.205. The molecular formula is C16H23Cl2NO. The van der Waals surface area contributed by atoms with Crippen LogP contribution in [0.3, 0.4) is 0 Å². The minimum atomic E-state index is 0.205. The second-order valence-electron chi connectivity index (χ2n) is 5.46. The Bertz CT molecular complexity index is 426. The van der Waals surface area contributed by atoms with Crippen molar-refractivity contribution in [2.24, 2.45) is 11.8 Å². The Balaban J connectivity index is 2.20. The highest BCUT2D eigenvalue weighted by molar-refractivity contribution is 6.42. The van der Waals surface area contributed by atoms with Gasteiger partial charge in [-0.05, 0) is 43.9 Å². The van der Waals surface area contributed by atoms with Crippen molar-refractivity contribution in [2.45, 2.75) is 39.2 Å². The molecule has 1 aromatic rings. The van der Waals surface area contributed by atoms with Gasteiger partial charge in [0.2, 0.25) is 0 Å². The lowest BCUT2D eigenvalue weighted by atomic mass is 9.86. The summed E-state index contributed by atoms with van der Waals surface area (Å²) in [6, 6.07) is 5.59. The van der Waals surface area contributed by atoms with Crippen LogP contribution in [0.4, 0.5) is 0 Å². The zero-order valence-corrected chi connectivity index (χ0v) is 13.7. The van der Waals surface area contributed by atoms with Gasteiger partial charge in [-0.1, -0.05) is 43.1 Å². The zero-order valence-electron chi connectivity index (χ0n) is 12.2. The maximum atomic E-state index is 6.30. The van der Waals surface area contributed by atoms with Crippen molar-refractivity contribution in [3.8, 4) is 5.75 Å². The van der Waals surface area contributed by atoms with Gasteiger partial charge in [0.15, 0.2) is 0 Å². The Morgan fingerprint density at radius 2 is 2.05 bits per heavy atom. The quantitative estimate of drug-likeness (QED) is 0.815. The molecule has 0 aromatic heterocycles. The van der Waals surface area contributed by atoms with Gasteiger partial charge in [0.1, 0.15) is 16.9 Å². The van der Waals surface area contributed by atoms with E-state index < -0.39 is 0 Å². The number of ether oxygens (including phenoxy) is 1. The molecule has 4 heteroatoms. The Hall–Kier alpha value is -0.440. The van der Waals surface area contributed by atoms with Crippen molar-refractivity contribution in [3.05, 3.63) is 28.2 Å². The van der Waals surface area contributed by atoms with Crippen molar-refractivity contribution < 1.29 is 4.74 Å². The first-order chi connectivity index (χ1) is 9.67. The fraction of sp³-hybridized carbons (Fsp3) is 0.625. The fourth-order valence-corrected chi connectivity index (χ4v) is 3.35. The number of hydrogen-bond acceptors (Lipinski definition) is 2. The van der Waals surface area contributed by atoms with E-state index in [9.17, 15) is 0 Å². The Kier molecular flexibility index (Phi) is 6.01. The van der Waals surface area contributed by atoms with Crippen molar-refractivity contribution in [1.82, 2.24) is 5.32 Å². The number of hydrogen-bond donors (Lipinski definition) is 1. The van der Waals surface area contributed by atoms with Crippen LogP contribution < -0.4 is 10.1 Å². The molecule has 0 aliphatic carbocycles. The molecule has 0 bridgehead atoms. The second kappa shape index (κ2) is 7.53. The lowest BCUT2D eigenvalue weighted by Crippen LogP contribution is -2.35. The Labute approximate surface area is 131 Å². The van der Waals surface area contributed by atoms with Crippen LogP contribution in [-0.2, 0) is 0 Å². The molecule has 2 rings (SSSR count). The van der Waals surface area contributed by atoms with E-state index in [2.05, 4.69) is 19.2 Å². The molecule has 1 aromatic carbocycles. The lowest BCUT2D eigenvalue weighted by molar-refractivity contribution is 0.0774. The van der Waals surface area contributed by atoms with E-state index in [-0.39, 0.29) is 6.10 Å². The van der Waals surface area contributed by atoms with Crippen LogP contribution in [-0.4, -0.2) is 19.2 Å². The molecule has 0 amide bonds. The van der Waals surface area contributed by atoms with E-state index in [0.717, 1.165) is 25.9 Å². The molecule has 0 spiro atoms. The lowest BCUT2D eigenvalue weighted by Gasteiger charge is -2.31. The molecule has 20 heavy (non-hydrogen) atoms. The SMILES string of the molecule is CCC(CC)C(Oc1cccc(Cl)c1Cl)C1CCNC1. The van der Waals surface area contributed by atoms with E-state index in [4.69, 9.17) is 27.9 Å². The van der Waals surface area contributed by atoms with Crippen LogP contribution in [0, 0.1) is 11.8 Å². The van der Waals surface area contributed by atoms with Crippen LogP contribution in [0.1, 0.15) is 33.1 Å². The summed E-state index contributed by atoms with van der Waals surface area (Å²) in [6.07, 6.45) is 3.61. The maximum absolute atomic E-state index is 6.30. The highest BCUT2D eigenvalue weighted by Gasteiger charge is 2.32. The third kappa shape index (κ3) is 3.60. The third-order valence-electron chi connectivity index (χ3n) is 4.26. The van der Waals surface area contributed by atoms with Crippen molar-refractivity contribution >= 4 is 23.2 Å². The largest absolute Gasteiger partial charge is 0.488 e. The first kappa shape index (κ1) is 15.9. The van der Waals surface area contributed by atoms with Crippen molar-refractivity contribution in [3.63, 3.8) is 0 Å². The summed E-state index contributed by atoms with van der Waals surface area (Å²) in [7, 11) is 0. The molecule has 1 fully saturated rings. The number of nitrogens with one attached hydrogen (secondary N) is 1. The predicted molar refractivity (Wildman–Crippen MR) is 85.9 cm³/mol. The van der Waals surface area contributed by atoms with Gasteiger partial charge >= 0.3 is 0 Å². The summed E-state index contributed by atoms with van der Waals surface area (Å²) in [5.74, 6) is 1.81. The van der Waals surface area contributed by atoms with Gasteiger partial charge in [-0.2, -0.15) is 0 Å². The van der Waals surface area contributed by atoms with Gasteiger partial charge in [0.25, 0.3) is 0 Å². The predicted octanol–water partition coefficient (Wildman–Crippen LogP) is 4.79. The van der Waals surface area contributed by atoms with E-state index in [1.54, 1.807) is 6.07 Å². The van der Waals surface area contributed by atoms with Gasteiger partial charge in [0.05, 0.1) is 5.02 Å². The van der Waals surface area contributed by atoms with Crippen molar-refractivity contribution in [1.29, 1.82) is 0 Å². The topological polar surface area (TPSA) is 21.3 Å². The fourth-order valence-electron chi connectivity index (χ4n) is 3.01. The average molecular weight is 316 g/mol. The highest BCUT2D eigenvalue weighted by Crippen LogP contribution is 2.35. The summed E-state index contributed by atoms with van der Waals surface area (Å²) in [5.41, 5.74) is 0. The number of rotatable bonds is 6. The standard InChI is InChI=1S/C16H23Cl2NO/c1-3-11(4-2)16(12-8-9-19-10-12)20-14-7-5-6-13(17)15(14)18/h5-7,11-12,16,19H,3-4,8-10H2,1-2H3. The third-order valence-corrected chi connectivity index (χ3v) is 5.06. The van der Waals surface area contributed by atoms with Gasteiger partial charge in [0, 0.05) is 12.5 Å². The van der Waals surface area contributed by atoms with Crippen LogP contribution in [0.5, 0.6) is 5.75 Å². The zero-order chi connectivity index (χ0) is 14.5. The van der Waals surface area contributed by atoms with Gasteiger partial charge in [-0.25, -0.2) is 0 Å². The van der Waals surface area contributed by atoms with Gasteiger partial charge < -0.3 is 10.1 Å². The van der Waals surface area contributed by atoms with E-state index >= 15 is 0 Å². The molecule has 1 heterocycles. The second-order valence-corrected chi connectivity index (χ2v) is 6.25. The van der Waals surface area contributed by atoms with E-state index in [1.807, 2.05) is 12.1 Å². The monoisotopic (exact) mass is 315 g/mol. The molecular weight excluding hydrogens is 293 g/mol. The number of halogens is 2. The minimum Gasteiger partial charge on any atom is -0.488 e. The van der Waals surface area contributed by atoms with Crippen molar-refractivity contribution in [2.75, 3.05) is 13.1 Å². The molecule has 0 saturated carbocycles. The van der Waals surface area contributed by atoms with Gasteiger partial charge in [-0.3, -0.25) is 0 Å². The van der Waals surface area contributed by atoms with Gasteiger partial charge in [-0.15, -0.1) is 0 Å². The molecule has 1 N–H and O–H groups in total. The Morgan fingerprint density at radius 1 is 1.30 bits per heavy atom. The summed E-state index contributed by atoms with van der Waals surface area (Å²) < 4.78 is 6.30. The molecule has 112 valence electrons. The van der Waals surface area contributed by atoms with Crippen LogP contribution in [0.2, 0.25) is 10.0 Å². The van der Waals surface area contributed by atoms with Crippen LogP contribution >= 0.6 is 23.2 Å². The van der Waals surface area contributed by atoms with Crippen LogP contribution in [0.15, 0.2) is 18.2 Å². The normalized spacial score (nSPS) is 20.4. The summed E-state index contributed by atoms with van der Waals surface area (Å²) in [4.78, 5) is 0. The molecule has 2 nitrogen and oxygen atoms in total. The molecule has 1 aliphatic rings. The molecule has 0 radical (unpaired) electrons. The Morgan fingerprint density at radius 3 is 2.65 bits per heavy atom. The summed E-state index contributed by atoms with van der Waals surface area (Å²) >= 11 is 12.3. The summed E-state index contributed by atoms with van der Waals surface area (Å²) in [6.45, 7) is 6.56. The molecule has 1 saturated heterocycles. The van der Waals surface area contributed by atoms with E-state index in [1.165, 1.54) is 6.42 Å². The first-order valence-corrected chi connectivity index (χ1v) is 8.24.